The van der Waals surface area contributed by atoms with Crippen LogP contribution >= 0.6 is 0 Å². The lowest BCUT2D eigenvalue weighted by molar-refractivity contribution is 0.0489. The smallest absolute Gasteiger partial charge is 0.407 e. The van der Waals surface area contributed by atoms with Gasteiger partial charge in [0.1, 0.15) is 11.4 Å². The number of anilines is 3. The molecule has 0 aromatic carbocycles. The molecule has 0 saturated heterocycles. The zero-order valence-corrected chi connectivity index (χ0v) is 20.2. The summed E-state index contributed by atoms with van der Waals surface area (Å²) >= 11 is 0. The number of ether oxygens (including phenoxy) is 1. The number of halogens is 1. The van der Waals surface area contributed by atoms with Crippen molar-refractivity contribution in [1.82, 2.24) is 20.3 Å². The number of hydrogen-bond donors (Lipinski definition) is 3. The quantitative estimate of drug-likeness (QED) is 0.405. The van der Waals surface area contributed by atoms with Gasteiger partial charge in [-0.3, -0.25) is 0 Å². The van der Waals surface area contributed by atoms with E-state index in [4.69, 9.17) is 4.74 Å². The van der Waals surface area contributed by atoms with E-state index >= 15 is 0 Å². The molecule has 0 unspecified atom stereocenters. The highest BCUT2D eigenvalue weighted by molar-refractivity contribution is 5.68. The molecule has 8 nitrogen and oxygen atoms in total. The molecule has 1 amide bonds. The molecule has 182 valence electrons. The van der Waals surface area contributed by atoms with Crippen LogP contribution in [0.15, 0.2) is 24.5 Å². The van der Waals surface area contributed by atoms with Gasteiger partial charge in [-0.1, -0.05) is 25.2 Å². The first kappa shape index (κ1) is 25.2. The molecule has 1 fully saturated rings. The minimum absolute atomic E-state index is 0.0488. The summed E-state index contributed by atoms with van der Waals surface area (Å²) in [7, 11) is 0. The summed E-state index contributed by atoms with van der Waals surface area (Å²) in [5.41, 5.74) is 0.777. The second-order valence-electron chi connectivity index (χ2n) is 9.35. The van der Waals surface area contributed by atoms with Gasteiger partial charge in [0, 0.05) is 18.5 Å². The van der Waals surface area contributed by atoms with E-state index in [0.29, 0.717) is 23.0 Å². The Kier molecular flexibility index (Phi) is 8.63. The topological polar surface area (TPSA) is 101 Å². The molecule has 2 aromatic rings. The van der Waals surface area contributed by atoms with Crippen LogP contribution in [0.3, 0.4) is 0 Å². The molecule has 2 aromatic heterocycles. The van der Waals surface area contributed by atoms with Crippen LogP contribution in [0, 0.1) is 23.7 Å². The molecular formula is C25H33FN6O2. The van der Waals surface area contributed by atoms with Crippen LogP contribution in [0.2, 0.25) is 0 Å². The summed E-state index contributed by atoms with van der Waals surface area (Å²) in [6.45, 7) is 8.37. The average Bonchev–Trinajstić information content (AvgIpc) is 2.77. The molecule has 0 spiro atoms. The Balaban J connectivity index is 1.68. The van der Waals surface area contributed by atoms with Crippen LogP contribution < -0.4 is 16.0 Å². The molecule has 2 heterocycles. The van der Waals surface area contributed by atoms with Gasteiger partial charge in [-0.2, -0.15) is 9.37 Å². The van der Waals surface area contributed by atoms with Crippen LogP contribution in [0.1, 0.15) is 65.4 Å². The third-order valence-corrected chi connectivity index (χ3v) is 5.12. The van der Waals surface area contributed by atoms with E-state index in [9.17, 15) is 9.18 Å². The molecule has 0 radical (unpaired) electrons. The summed E-state index contributed by atoms with van der Waals surface area (Å²) in [5, 5.41) is 9.30. The third-order valence-electron chi connectivity index (χ3n) is 5.12. The molecule has 1 aliphatic rings. The fourth-order valence-corrected chi connectivity index (χ4v) is 3.60. The number of alkyl carbamates (subject to hydrolysis) is 1. The zero-order valence-electron chi connectivity index (χ0n) is 20.2. The number of nitrogens with zero attached hydrogens (tertiary/aromatic N) is 3. The Morgan fingerprint density at radius 2 is 2.06 bits per heavy atom. The number of rotatable bonds is 6. The van der Waals surface area contributed by atoms with Crippen LogP contribution in [-0.2, 0) is 4.74 Å². The number of aromatic nitrogens is 3. The second kappa shape index (κ2) is 11.6. The third kappa shape index (κ3) is 8.18. The highest BCUT2D eigenvalue weighted by Gasteiger charge is 2.24. The standard InChI is InChI=1S/C25H33FN6O2/c1-5-13-27-22-18(15-29-23(32-22)30-20-11-12-21(26)28-16-20)10-9-17-7-6-8-19(14-17)31-24(33)34-25(2,3)4/h11-12,15-17,19H,5-8,13-14H2,1-4H3,(H,31,33)(H2,27,29,30,32)/t17-,19-/m0/s1. The van der Waals surface area contributed by atoms with Crippen LogP contribution in [0.4, 0.5) is 26.6 Å². The predicted octanol–water partition coefficient (Wildman–Crippen LogP) is 5.01. The molecule has 34 heavy (non-hydrogen) atoms. The first-order chi connectivity index (χ1) is 16.2. The Bertz CT molecular complexity index is 1030. The summed E-state index contributed by atoms with van der Waals surface area (Å²) in [4.78, 5) is 24.7. The van der Waals surface area contributed by atoms with Gasteiger partial charge < -0.3 is 20.7 Å². The van der Waals surface area contributed by atoms with Gasteiger partial charge in [0.15, 0.2) is 0 Å². The highest BCUT2D eigenvalue weighted by atomic mass is 19.1. The van der Waals surface area contributed by atoms with Crippen molar-refractivity contribution in [3.63, 3.8) is 0 Å². The fraction of sp³-hybridized carbons (Fsp3) is 0.520. The first-order valence-corrected chi connectivity index (χ1v) is 11.7. The first-order valence-electron chi connectivity index (χ1n) is 11.7. The van der Waals surface area contributed by atoms with Crippen molar-refractivity contribution in [3.8, 4) is 11.8 Å². The molecule has 0 bridgehead atoms. The monoisotopic (exact) mass is 468 g/mol. The number of nitrogens with one attached hydrogen (secondary N) is 3. The lowest BCUT2D eigenvalue weighted by Crippen LogP contribution is -2.41. The summed E-state index contributed by atoms with van der Waals surface area (Å²) < 4.78 is 18.4. The van der Waals surface area contributed by atoms with Crippen molar-refractivity contribution in [2.75, 3.05) is 17.2 Å². The van der Waals surface area contributed by atoms with Crippen molar-refractivity contribution in [1.29, 1.82) is 0 Å². The second-order valence-corrected chi connectivity index (χ2v) is 9.35. The predicted molar refractivity (Wildman–Crippen MR) is 130 cm³/mol. The van der Waals surface area contributed by atoms with E-state index in [1.165, 1.54) is 12.3 Å². The van der Waals surface area contributed by atoms with Gasteiger partial charge in [0.05, 0.1) is 23.6 Å². The largest absolute Gasteiger partial charge is 0.444 e. The van der Waals surface area contributed by atoms with Crippen molar-refractivity contribution in [2.45, 2.75) is 71.4 Å². The van der Waals surface area contributed by atoms with Gasteiger partial charge in [-0.25, -0.2) is 14.8 Å². The van der Waals surface area contributed by atoms with Crippen molar-refractivity contribution in [3.05, 3.63) is 36.0 Å². The van der Waals surface area contributed by atoms with Crippen molar-refractivity contribution >= 4 is 23.5 Å². The van der Waals surface area contributed by atoms with Gasteiger partial charge in [-0.15, -0.1) is 0 Å². The average molecular weight is 469 g/mol. The molecule has 9 heteroatoms. The normalized spacial score (nSPS) is 17.8. The van der Waals surface area contributed by atoms with E-state index in [1.54, 1.807) is 12.3 Å². The minimum Gasteiger partial charge on any atom is -0.444 e. The summed E-state index contributed by atoms with van der Waals surface area (Å²) in [6.07, 6.45) is 7.28. The number of amides is 1. The lowest BCUT2D eigenvalue weighted by Gasteiger charge is -2.28. The number of carbonyl (C=O) groups is 1. The molecule has 3 rings (SSSR count). The maximum absolute atomic E-state index is 13.0. The van der Waals surface area contributed by atoms with Gasteiger partial charge in [-0.05, 0) is 58.6 Å². The van der Waals surface area contributed by atoms with Gasteiger partial charge in [0.2, 0.25) is 11.9 Å². The number of pyridine rings is 1. The van der Waals surface area contributed by atoms with E-state index in [-0.39, 0.29) is 18.1 Å². The van der Waals surface area contributed by atoms with Crippen LogP contribution in [0.25, 0.3) is 0 Å². The van der Waals surface area contributed by atoms with E-state index in [0.717, 1.165) is 38.6 Å². The van der Waals surface area contributed by atoms with Gasteiger partial charge >= 0.3 is 6.09 Å². The molecule has 2 atom stereocenters. The maximum Gasteiger partial charge on any atom is 0.407 e. The summed E-state index contributed by atoms with van der Waals surface area (Å²) in [6, 6.07) is 2.89. The SMILES string of the molecule is CCCNc1nc(Nc2ccc(F)nc2)ncc1C#C[C@@H]1CCC[C@H](NC(=O)OC(C)(C)C)C1. The van der Waals surface area contributed by atoms with Crippen molar-refractivity contribution < 1.29 is 13.9 Å². The molecule has 1 aliphatic carbocycles. The zero-order chi connectivity index (χ0) is 24.6. The van der Waals surface area contributed by atoms with Crippen LogP contribution in [-0.4, -0.2) is 39.2 Å². The fourth-order valence-electron chi connectivity index (χ4n) is 3.60. The Labute approximate surface area is 200 Å². The lowest BCUT2D eigenvalue weighted by atomic mass is 9.86. The minimum atomic E-state index is -0.548. The number of carbonyl (C=O) groups excluding carboxylic acids is 1. The molecule has 3 N–H and O–H groups in total. The molecule has 0 aliphatic heterocycles. The Morgan fingerprint density at radius 3 is 2.76 bits per heavy atom. The summed E-state index contributed by atoms with van der Waals surface area (Å²) in [5.74, 6) is 7.21. The molecular weight excluding hydrogens is 435 g/mol. The maximum atomic E-state index is 13.0. The van der Waals surface area contributed by atoms with Crippen LogP contribution in [0.5, 0.6) is 0 Å². The Hall–Kier alpha value is -3.41. The molecule has 1 saturated carbocycles. The van der Waals surface area contributed by atoms with E-state index in [2.05, 4.69) is 49.7 Å². The Morgan fingerprint density at radius 1 is 1.24 bits per heavy atom. The van der Waals surface area contributed by atoms with E-state index in [1.807, 2.05) is 20.8 Å². The van der Waals surface area contributed by atoms with E-state index < -0.39 is 11.5 Å². The van der Waals surface area contributed by atoms with Crippen molar-refractivity contribution in [2.24, 2.45) is 5.92 Å². The highest BCUT2D eigenvalue weighted by Crippen LogP contribution is 2.25. The number of hydrogen-bond acceptors (Lipinski definition) is 7. The van der Waals surface area contributed by atoms with Gasteiger partial charge in [0.25, 0.3) is 0 Å².